The summed E-state index contributed by atoms with van der Waals surface area (Å²) in [6.45, 7) is 6.21. The van der Waals surface area contributed by atoms with Crippen LogP contribution in [0.1, 0.15) is 32.4 Å². The molecule has 1 atom stereocenters. The van der Waals surface area contributed by atoms with Crippen molar-refractivity contribution in [3.63, 3.8) is 0 Å². The van der Waals surface area contributed by atoms with E-state index >= 15 is 0 Å². The molecule has 1 aromatic carbocycles. The molecule has 4 heteroatoms. The second-order valence-corrected chi connectivity index (χ2v) is 4.26. The van der Waals surface area contributed by atoms with E-state index in [0.29, 0.717) is 6.54 Å². The molecule has 0 saturated heterocycles. The molecule has 0 aliphatic rings. The molecule has 3 nitrogen and oxygen atoms in total. The third-order valence-corrected chi connectivity index (χ3v) is 2.38. The first-order valence-electron chi connectivity index (χ1n) is 5.85. The smallest absolute Gasteiger partial charge is 0.165 e. The minimum absolute atomic E-state index is 0.00440. The zero-order valence-electron chi connectivity index (χ0n) is 10.5. The van der Waals surface area contributed by atoms with E-state index in [0.717, 1.165) is 5.56 Å². The summed E-state index contributed by atoms with van der Waals surface area (Å²) in [6.07, 6.45) is -0.0414. The molecule has 0 unspecified atom stereocenters. The lowest BCUT2D eigenvalue weighted by atomic mass is 10.1. The highest BCUT2D eigenvalue weighted by Gasteiger charge is 2.10. The first kappa shape index (κ1) is 13.9. The van der Waals surface area contributed by atoms with Crippen molar-refractivity contribution in [3.8, 4) is 5.75 Å². The SMILES string of the molecule is CC(C)Oc1ccc([C@H](C)NCCO)cc1F. The molecule has 0 aliphatic carbocycles. The van der Waals surface area contributed by atoms with Gasteiger partial charge in [0, 0.05) is 12.6 Å². The summed E-state index contributed by atoms with van der Waals surface area (Å²) in [6, 6.07) is 4.94. The predicted octanol–water partition coefficient (Wildman–Crippen LogP) is 2.26. The van der Waals surface area contributed by atoms with Crippen LogP contribution in [0.3, 0.4) is 0 Å². The van der Waals surface area contributed by atoms with E-state index in [1.54, 1.807) is 6.07 Å². The van der Waals surface area contributed by atoms with Gasteiger partial charge in [0.25, 0.3) is 0 Å². The highest BCUT2D eigenvalue weighted by molar-refractivity contribution is 5.31. The molecule has 0 bridgehead atoms. The molecule has 0 amide bonds. The van der Waals surface area contributed by atoms with Gasteiger partial charge in [-0.25, -0.2) is 4.39 Å². The fourth-order valence-corrected chi connectivity index (χ4v) is 1.53. The van der Waals surface area contributed by atoms with Crippen LogP contribution in [-0.4, -0.2) is 24.4 Å². The monoisotopic (exact) mass is 241 g/mol. The first-order valence-corrected chi connectivity index (χ1v) is 5.85. The maximum atomic E-state index is 13.7. The van der Waals surface area contributed by atoms with Crippen LogP contribution in [-0.2, 0) is 0 Å². The Morgan fingerprint density at radius 3 is 2.59 bits per heavy atom. The van der Waals surface area contributed by atoms with Gasteiger partial charge in [0.2, 0.25) is 0 Å². The fraction of sp³-hybridized carbons (Fsp3) is 0.538. The Balaban J connectivity index is 2.73. The van der Waals surface area contributed by atoms with Gasteiger partial charge in [-0.1, -0.05) is 6.07 Å². The predicted molar refractivity (Wildman–Crippen MR) is 65.7 cm³/mol. The van der Waals surface area contributed by atoms with E-state index in [1.165, 1.54) is 6.07 Å². The lowest BCUT2D eigenvalue weighted by Gasteiger charge is -2.15. The zero-order valence-corrected chi connectivity index (χ0v) is 10.5. The third kappa shape index (κ3) is 4.32. The zero-order chi connectivity index (χ0) is 12.8. The Labute approximate surface area is 102 Å². The molecule has 17 heavy (non-hydrogen) atoms. The molecule has 0 fully saturated rings. The van der Waals surface area contributed by atoms with Crippen molar-refractivity contribution in [2.24, 2.45) is 0 Å². The second-order valence-electron chi connectivity index (χ2n) is 4.26. The summed E-state index contributed by atoms with van der Waals surface area (Å²) in [7, 11) is 0. The Kier molecular flexibility index (Phi) is 5.38. The van der Waals surface area contributed by atoms with E-state index in [9.17, 15) is 4.39 Å². The largest absolute Gasteiger partial charge is 0.488 e. The lowest BCUT2D eigenvalue weighted by molar-refractivity contribution is 0.231. The standard InChI is InChI=1S/C13H20FNO2/c1-9(2)17-13-5-4-11(8-12(13)14)10(3)15-6-7-16/h4-5,8-10,15-16H,6-7H2,1-3H3/t10-/m0/s1. The number of nitrogens with one attached hydrogen (secondary N) is 1. The van der Waals surface area contributed by atoms with Gasteiger partial charge in [0.15, 0.2) is 11.6 Å². The maximum absolute atomic E-state index is 13.7. The van der Waals surface area contributed by atoms with Crippen LogP contribution in [0.25, 0.3) is 0 Å². The minimum Gasteiger partial charge on any atom is -0.488 e. The highest BCUT2D eigenvalue weighted by atomic mass is 19.1. The molecule has 96 valence electrons. The number of aliphatic hydroxyl groups is 1. The van der Waals surface area contributed by atoms with Crippen LogP contribution in [0.4, 0.5) is 4.39 Å². The Morgan fingerprint density at radius 2 is 2.06 bits per heavy atom. The number of aliphatic hydroxyl groups excluding tert-OH is 1. The molecule has 0 saturated carbocycles. The molecular formula is C13H20FNO2. The topological polar surface area (TPSA) is 41.5 Å². The van der Waals surface area contributed by atoms with Gasteiger partial charge in [0.05, 0.1) is 12.7 Å². The van der Waals surface area contributed by atoms with Crippen molar-refractivity contribution in [1.82, 2.24) is 5.32 Å². The third-order valence-electron chi connectivity index (χ3n) is 2.38. The average molecular weight is 241 g/mol. The van der Waals surface area contributed by atoms with Crippen molar-refractivity contribution in [2.45, 2.75) is 32.9 Å². The van der Waals surface area contributed by atoms with Crippen LogP contribution in [0.2, 0.25) is 0 Å². The van der Waals surface area contributed by atoms with Crippen LogP contribution in [0, 0.1) is 5.82 Å². The van der Waals surface area contributed by atoms with Gasteiger partial charge in [-0.15, -0.1) is 0 Å². The van der Waals surface area contributed by atoms with E-state index in [-0.39, 0.29) is 30.3 Å². The van der Waals surface area contributed by atoms with E-state index in [4.69, 9.17) is 9.84 Å². The molecule has 1 rings (SSSR count). The van der Waals surface area contributed by atoms with Gasteiger partial charge in [-0.3, -0.25) is 0 Å². The average Bonchev–Trinajstić information content (AvgIpc) is 2.28. The Morgan fingerprint density at radius 1 is 1.35 bits per heavy atom. The molecule has 0 aliphatic heterocycles. The molecule has 0 radical (unpaired) electrons. The number of benzene rings is 1. The van der Waals surface area contributed by atoms with Gasteiger partial charge < -0.3 is 15.2 Å². The van der Waals surface area contributed by atoms with Crippen LogP contribution in [0.15, 0.2) is 18.2 Å². The maximum Gasteiger partial charge on any atom is 0.165 e. The van der Waals surface area contributed by atoms with Crippen molar-refractivity contribution in [1.29, 1.82) is 0 Å². The molecule has 0 spiro atoms. The van der Waals surface area contributed by atoms with Crippen LogP contribution >= 0.6 is 0 Å². The highest BCUT2D eigenvalue weighted by Crippen LogP contribution is 2.22. The normalized spacial score (nSPS) is 12.8. The lowest BCUT2D eigenvalue weighted by Crippen LogP contribution is -2.22. The van der Waals surface area contributed by atoms with Crippen LogP contribution in [0.5, 0.6) is 5.75 Å². The van der Waals surface area contributed by atoms with E-state index < -0.39 is 0 Å². The van der Waals surface area contributed by atoms with E-state index in [1.807, 2.05) is 26.8 Å². The van der Waals surface area contributed by atoms with Gasteiger partial charge in [-0.05, 0) is 38.5 Å². The van der Waals surface area contributed by atoms with Crippen LogP contribution < -0.4 is 10.1 Å². The molecule has 2 N–H and O–H groups in total. The number of halogens is 1. The summed E-state index contributed by atoms with van der Waals surface area (Å²) in [5, 5.41) is 11.8. The summed E-state index contributed by atoms with van der Waals surface area (Å²) >= 11 is 0. The summed E-state index contributed by atoms with van der Waals surface area (Å²) in [5.74, 6) is -0.0769. The number of hydrogen-bond acceptors (Lipinski definition) is 3. The van der Waals surface area contributed by atoms with Gasteiger partial charge in [-0.2, -0.15) is 0 Å². The first-order chi connectivity index (χ1) is 8.04. The van der Waals surface area contributed by atoms with E-state index in [2.05, 4.69) is 5.32 Å². The fourth-order valence-electron chi connectivity index (χ4n) is 1.53. The van der Waals surface area contributed by atoms with Gasteiger partial charge in [0.1, 0.15) is 0 Å². The second kappa shape index (κ2) is 6.57. The van der Waals surface area contributed by atoms with Crippen molar-refractivity contribution < 1.29 is 14.2 Å². The van der Waals surface area contributed by atoms with Crippen molar-refractivity contribution in [3.05, 3.63) is 29.6 Å². The molecule has 1 aromatic rings. The summed E-state index contributed by atoms with van der Waals surface area (Å²) < 4.78 is 19.0. The Hall–Kier alpha value is -1.13. The number of rotatable bonds is 6. The summed E-state index contributed by atoms with van der Waals surface area (Å²) in [4.78, 5) is 0. The van der Waals surface area contributed by atoms with Crippen molar-refractivity contribution >= 4 is 0 Å². The van der Waals surface area contributed by atoms with Gasteiger partial charge >= 0.3 is 0 Å². The molecule has 0 aromatic heterocycles. The van der Waals surface area contributed by atoms with Crippen molar-refractivity contribution in [2.75, 3.05) is 13.2 Å². The Bertz CT molecular complexity index is 355. The number of ether oxygens (including phenoxy) is 1. The number of hydrogen-bond donors (Lipinski definition) is 2. The molecule has 0 heterocycles. The minimum atomic E-state index is -0.353. The quantitative estimate of drug-likeness (QED) is 0.802. The summed E-state index contributed by atoms with van der Waals surface area (Å²) in [5.41, 5.74) is 0.840. The molecular weight excluding hydrogens is 221 g/mol.